The van der Waals surface area contributed by atoms with Crippen molar-refractivity contribution in [1.82, 2.24) is 10.2 Å². The Labute approximate surface area is 168 Å². The van der Waals surface area contributed by atoms with Crippen LogP contribution in [-0.4, -0.2) is 16.1 Å². The zero-order chi connectivity index (χ0) is 19.2. The zero-order valence-electron chi connectivity index (χ0n) is 15.5. The number of para-hydroxylation sites is 1. The first-order valence-electron chi connectivity index (χ1n) is 9.51. The minimum atomic E-state index is -0.171. The fraction of sp³-hybridized carbons (Fsp3) is 0.273. The molecule has 1 heterocycles. The van der Waals surface area contributed by atoms with Gasteiger partial charge in [0.1, 0.15) is 12.4 Å². The molecule has 1 amide bonds. The highest BCUT2D eigenvalue weighted by Gasteiger charge is 2.16. The summed E-state index contributed by atoms with van der Waals surface area (Å²) in [6.07, 6.45) is 7.12. The summed E-state index contributed by atoms with van der Waals surface area (Å²) in [7, 11) is 0. The average molecular weight is 393 g/mol. The summed E-state index contributed by atoms with van der Waals surface area (Å²) in [5, 5.41) is 12.1. The molecule has 1 aliphatic rings. The van der Waals surface area contributed by atoms with E-state index in [1.54, 1.807) is 0 Å². The first kappa shape index (κ1) is 18.6. The van der Waals surface area contributed by atoms with Gasteiger partial charge in [0.25, 0.3) is 5.91 Å². The van der Waals surface area contributed by atoms with E-state index in [1.165, 1.54) is 42.6 Å². The second-order valence-electron chi connectivity index (χ2n) is 6.82. The number of aromatic nitrogens is 2. The standard InChI is InChI=1S/C22H22N3O2S/c26-21(18-13-11-17(12-14-18)16-7-3-1-4-8-16)23-22-25-24-20(28-22)15-27-19-9-5-2-6-10-19/h1-2,5-6,9-14,16H,3-4,7-8,15H2,(H,23,25,26). The highest BCUT2D eigenvalue weighted by molar-refractivity contribution is 7.15. The van der Waals surface area contributed by atoms with Crippen LogP contribution in [0.5, 0.6) is 5.75 Å². The van der Waals surface area contributed by atoms with Gasteiger partial charge in [-0.05, 0) is 67.9 Å². The van der Waals surface area contributed by atoms with Crippen molar-refractivity contribution in [3.63, 3.8) is 0 Å². The molecule has 5 nitrogen and oxygen atoms in total. The van der Waals surface area contributed by atoms with Gasteiger partial charge in [0.2, 0.25) is 5.13 Å². The maximum absolute atomic E-state index is 12.5. The quantitative estimate of drug-likeness (QED) is 0.624. The number of nitrogens with zero attached hydrogens (tertiary/aromatic N) is 2. The number of hydrogen-bond acceptors (Lipinski definition) is 5. The molecule has 0 saturated heterocycles. The van der Waals surface area contributed by atoms with Crippen LogP contribution in [0.4, 0.5) is 5.13 Å². The summed E-state index contributed by atoms with van der Waals surface area (Å²) >= 11 is 1.32. The smallest absolute Gasteiger partial charge is 0.257 e. The third-order valence-corrected chi connectivity index (χ3v) is 5.69. The molecule has 6 heteroatoms. The number of ether oxygens (including phenoxy) is 1. The van der Waals surface area contributed by atoms with Gasteiger partial charge in [-0.3, -0.25) is 10.1 Å². The fourth-order valence-corrected chi connectivity index (χ4v) is 4.01. The summed E-state index contributed by atoms with van der Waals surface area (Å²) in [6.45, 7) is 0.324. The lowest BCUT2D eigenvalue weighted by Crippen LogP contribution is -2.12. The van der Waals surface area contributed by atoms with Gasteiger partial charge in [-0.15, -0.1) is 10.2 Å². The molecule has 28 heavy (non-hydrogen) atoms. The van der Waals surface area contributed by atoms with E-state index >= 15 is 0 Å². The van der Waals surface area contributed by atoms with E-state index in [-0.39, 0.29) is 5.91 Å². The van der Waals surface area contributed by atoms with Gasteiger partial charge in [-0.2, -0.15) is 0 Å². The molecule has 0 unspecified atom stereocenters. The molecule has 1 aliphatic carbocycles. The Balaban J connectivity index is 1.32. The first-order chi connectivity index (χ1) is 13.8. The number of benzene rings is 2. The normalized spacial score (nSPS) is 14.6. The van der Waals surface area contributed by atoms with E-state index in [1.807, 2.05) is 42.5 Å². The topological polar surface area (TPSA) is 64.1 Å². The molecule has 1 radical (unpaired) electrons. The van der Waals surface area contributed by atoms with E-state index in [4.69, 9.17) is 4.74 Å². The van der Waals surface area contributed by atoms with E-state index in [0.29, 0.717) is 28.2 Å². The number of carbonyl (C=O) groups is 1. The highest BCUT2D eigenvalue weighted by atomic mass is 32.1. The fourth-order valence-electron chi connectivity index (χ4n) is 3.36. The van der Waals surface area contributed by atoms with Crippen LogP contribution < -0.4 is 10.1 Å². The van der Waals surface area contributed by atoms with E-state index in [2.05, 4.69) is 34.1 Å². The van der Waals surface area contributed by atoms with Crippen molar-refractivity contribution in [2.24, 2.45) is 0 Å². The Bertz CT molecular complexity index is 903. The number of nitrogens with one attached hydrogen (secondary N) is 1. The summed E-state index contributed by atoms with van der Waals surface area (Å²) < 4.78 is 5.66. The number of amides is 1. The Kier molecular flexibility index (Phi) is 5.97. The number of carbonyl (C=O) groups excluding carboxylic acids is 1. The second kappa shape index (κ2) is 8.97. The number of rotatable bonds is 6. The molecule has 0 spiro atoms. The molecule has 0 aliphatic heterocycles. The third kappa shape index (κ3) is 4.75. The third-order valence-electron chi connectivity index (χ3n) is 4.88. The Morgan fingerprint density at radius 1 is 1.04 bits per heavy atom. The van der Waals surface area contributed by atoms with Crippen LogP contribution in [0.2, 0.25) is 0 Å². The summed E-state index contributed by atoms with van der Waals surface area (Å²) in [5.74, 6) is 1.21. The van der Waals surface area contributed by atoms with Crippen molar-refractivity contribution in [2.75, 3.05) is 5.32 Å². The van der Waals surface area contributed by atoms with Crippen molar-refractivity contribution < 1.29 is 9.53 Å². The Hall–Kier alpha value is -2.73. The largest absolute Gasteiger partial charge is 0.486 e. The van der Waals surface area contributed by atoms with E-state index in [0.717, 1.165) is 5.75 Å². The maximum atomic E-state index is 12.5. The van der Waals surface area contributed by atoms with Gasteiger partial charge in [0.15, 0.2) is 5.01 Å². The SMILES string of the molecule is O=C(Nc1nnc(COc2ccccc2)s1)c1ccc(C2CC[CH]CC2)cc1. The first-order valence-corrected chi connectivity index (χ1v) is 10.3. The molecular weight excluding hydrogens is 370 g/mol. The van der Waals surface area contributed by atoms with Gasteiger partial charge >= 0.3 is 0 Å². The lowest BCUT2D eigenvalue weighted by atomic mass is 9.84. The molecule has 1 N–H and O–H groups in total. The minimum absolute atomic E-state index is 0.171. The van der Waals surface area contributed by atoms with Crippen molar-refractivity contribution >= 4 is 22.4 Å². The number of hydrogen-bond donors (Lipinski definition) is 1. The lowest BCUT2D eigenvalue weighted by Gasteiger charge is -2.21. The van der Waals surface area contributed by atoms with Gasteiger partial charge in [0.05, 0.1) is 0 Å². The molecule has 0 bridgehead atoms. The predicted molar refractivity (Wildman–Crippen MR) is 111 cm³/mol. The van der Waals surface area contributed by atoms with Gasteiger partial charge < -0.3 is 4.74 Å². The van der Waals surface area contributed by atoms with Crippen molar-refractivity contribution in [2.45, 2.75) is 38.2 Å². The van der Waals surface area contributed by atoms with Crippen LogP contribution in [-0.2, 0) is 6.61 Å². The van der Waals surface area contributed by atoms with Crippen LogP contribution in [0, 0.1) is 6.42 Å². The molecule has 2 aromatic carbocycles. The minimum Gasteiger partial charge on any atom is -0.486 e. The van der Waals surface area contributed by atoms with Crippen LogP contribution in [0.3, 0.4) is 0 Å². The monoisotopic (exact) mass is 392 g/mol. The highest BCUT2D eigenvalue weighted by Crippen LogP contribution is 2.32. The van der Waals surface area contributed by atoms with Gasteiger partial charge in [0, 0.05) is 5.56 Å². The Morgan fingerprint density at radius 3 is 2.54 bits per heavy atom. The summed E-state index contributed by atoms with van der Waals surface area (Å²) in [6, 6.07) is 17.5. The lowest BCUT2D eigenvalue weighted by molar-refractivity contribution is 0.102. The van der Waals surface area contributed by atoms with Crippen molar-refractivity contribution in [3.8, 4) is 5.75 Å². The molecule has 1 saturated carbocycles. The molecule has 1 fully saturated rings. The molecule has 1 aromatic heterocycles. The van der Waals surface area contributed by atoms with E-state index in [9.17, 15) is 4.79 Å². The molecule has 3 aromatic rings. The van der Waals surface area contributed by atoms with Crippen LogP contribution in [0.1, 0.15) is 52.5 Å². The van der Waals surface area contributed by atoms with Crippen molar-refractivity contribution in [3.05, 3.63) is 77.2 Å². The summed E-state index contributed by atoms with van der Waals surface area (Å²) in [4.78, 5) is 12.5. The average Bonchev–Trinajstić information content (AvgIpc) is 3.21. The molecule has 0 atom stereocenters. The molecular formula is C22H22N3O2S. The van der Waals surface area contributed by atoms with E-state index < -0.39 is 0 Å². The van der Waals surface area contributed by atoms with Crippen LogP contribution in [0.25, 0.3) is 0 Å². The Morgan fingerprint density at radius 2 is 1.79 bits per heavy atom. The van der Waals surface area contributed by atoms with Gasteiger partial charge in [-0.1, -0.05) is 41.7 Å². The van der Waals surface area contributed by atoms with Crippen LogP contribution >= 0.6 is 11.3 Å². The van der Waals surface area contributed by atoms with Crippen LogP contribution in [0.15, 0.2) is 54.6 Å². The maximum Gasteiger partial charge on any atom is 0.257 e. The molecule has 4 rings (SSSR count). The molecule has 143 valence electrons. The number of anilines is 1. The second-order valence-corrected chi connectivity index (χ2v) is 7.88. The predicted octanol–water partition coefficient (Wildman–Crippen LogP) is 5.23. The zero-order valence-corrected chi connectivity index (χ0v) is 16.3. The van der Waals surface area contributed by atoms with Crippen molar-refractivity contribution in [1.29, 1.82) is 0 Å². The van der Waals surface area contributed by atoms with Gasteiger partial charge in [-0.25, -0.2) is 0 Å². The summed E-state index contributed by atoms with van der Waals surface area (Å²) in [5.41, 5.74) is 1.95.